The van der Waals surface area contributed by atoms with Crippen molar-refractivity contribution in [3.63, 3.8) is 0 Å². The molecule has 0 spiro atoms. The van der Waals surface area contributed by atoms with Crippen molar-refractivity contribution in [1.82, 2.24) is 15.0 Å². The second kappa shape index (κ2) is 5.84. The van der Waals surface area contributed by atoms with E-state index in [4.69, 9.17) is 16.3 Å². The van der Waals surface area contributed by atoms with Gasteiger partial charge >= 0.3 is 0 Å². The van der Waals surface area contributed by atoms with Crippen LogP contribution < -0.4 is 10.1 Å². The Bertz CT molecular complexity index is 557. The summed E-state index contributed by atoms with van der Waals surface area (Å²) in [5.41, 5.74) is 0.858. The first kappa shape index (κ1) is 13.5. The number of nitrogens with one attached hydrogen (secondary N) is 1. The summed E-state index contributed by atoms with van der Waals surface area (Å²) in [4.78, 5) is 12.5. The van der Waals surface area contributed by atoms with Gasteiger partial charge in [-0.3, -0.25) is 0 Å². The summed E-state index contributed by atoms with van der Waals surface area (Å²) in [6, 6.07) is 7.68. The van der Waals surface area contributed by atoms with E-state index in [1.54, 1.807) is 7.11 Å². The first-order valence-electron chi connectivity index (χ1n) is 5.91. The van der Waals surface area contributed by atoms with Crippen LogP contribution in [0.5, 0.6) is 5.75 Å². The SMILES string of the molecule is COc1ccc(-c2nc(Cl)nc(NC(C)C)n2)cc1. The largest absolute Gasteiger partial charge is 0.497 e. The van der Waals surface area contributed by atoms with Gasteiger partial charge in [0.15, 0.2) is 5.82 Å². The monoisotopic (exact) mass is 278 g/mol. The average molecular weight is 279 g/mol. The number of hydrogen-bond donors (Lipinski definition) is 1. The Kier molecular flexibility index (Phi) is 4.16. The van der Waals surface area contributed by atoms with Gasteiger partial charge in [-0.05, 0) is 49.7 Å². The predicted molar refractivity (Wildman–Crippen MR) is 75.6 cm³/mol. The van der Waals surface area contributed by atoms with Crippen LogP contribution in [-0.2, 0) is 0 Å². The molecule has 0 bridgehead atoms. The third kappa shape index (κ3) is 3.54. The Morgan fingerprint density at radius 1 is 1.11 bits per heavy atom. The highest BCUT2D eigenvalue weighted by molar-refractivity contribution is 6.28. The minimum absolute atomic E-state index is 0.170. The molecular weight excluding hydrogens is 264 g/mol. The first-order valence-corrected chi connectivity index (χ1v) is 6.29. The summed E-state index contributed by atoms with van der Waals surface area (Å²) in [6.07, 6.45) is 0. The molecule has 1 N–H and O–H groups in total. The van der Waals surface area contributed by atoms with Crippen molar-refractivity contribution in [3.8, 4) is 17.1 Å². The molecule has 2 aromatic rings. The Labute approximate surface area is 117 Å². The molecule has 1 aromatic heterocycles. The average Bonchev–Trinajstić information content (AvgIpc) is 2.37. The molecule has 0 unspecified atom stereocenters. The molecule has 1 heterocycles. The van der Waals surface area contributed by atoms with E-state index >= 15 is 0 Å². The normalized spacial score (nSPS) is 10.6. The molecule has 0 aliphatic rings. The van der Waals surface area contributed by atoms with Crippen LogP contribution in [0.25, 0.3) is 11.4 Å². The van der Waals surface area contributed by atoms with Crippen molar-refractivity contribution in [3.05, 3.63) is 29.5 Å². The number of benzene rings is 1. The highest BCUT2D eigenvalue weighted by atomic mass is 35.5. The van der Waals surface area contributed by atoms with E-state index in [1.807, 2.05) is 38.1 Å². The molecule has 0 aliphatic heterocycles. The second-order valence-corrected chi connectivity index (χ2v) is 4.62. The molecule has 1 aromatic carbocycles. The van der Waals surface area contributed by atoms with Crippen LogP contribution in [0.4, 0.5) is 5.95 Å². The number of halogens is 1. The van der Waals surface area contributed by atoms with Crippen molar-refractivity contribution in [1.29, 1.82) is 0 Å². The summed E-state index contributed by atoms with van der Waals surface area (Å²) < 4.78 is 5.11. The lowest BCUT2D eigenvalue weighted by molar-refractivity contribution is 0.415. The lowest BCUT2D eigenvalue weighted by Gasteiger charge is -2.09. The number of ether oxygens (including phenoxy) is 1. The fourth-order valence-corrected chi connectivity index (χ4v) is 1.70. The fourth-order valence-electron chi connectivity index (χ4n) is 1.54. The van der Waals surface area contributed by atoms with Crippen molar-refractivity contribution < 1.29 is 4.74 Å². The maximum atomic E-state index is 5.91. The van der Waals surface area contributed by atoms with Crippen LogP contribution in [0.15, 0.2) is 24.3 Å². The minimum Gasteiger partial charge on any atom is -0.497 e. The van der Waals surface area contributed by atoms with Gasteiger partial charge in [0.05, 0.1) is 7.11 Å². The molecule has 0 amide bonds. The number of anilines is 1. The van der Waals surface area contributed by atoms with Crippen LogP contribution in [-0.4, -0.2) is 28.1 Å². The molecule has 0 radical (unpaired) electrons. The molecule has 2 rings (SSSR count). The van der Waals surface area contributed by atoms with Crippen LogP contribution >= 0.6 is 11.6 Å². The third-order valence-electron chi connectivity index (χ3n) is 2.37. The van der Waals surface area contributed by atoms with Crippen molar-refractivity contribution >= 4 is 17.5 Å². The van der Waals surface area contributed by atoms with Gasteiger partial charge in [0.1, 0.15) is 5.75 Å². The van der Waals surface area contributed by atoms with Gasteiger partial charge in [0.2, 0.25) is 11.2 Å². The Morgan fingerprint density at radius 3 is 2.37 bits per heavy atom. The molecule has 0 fully saturated rings. The Morgan fingerprint density at radius 2 is 1.79 bits per heavy atom. The molecule has 19 heavy (non-hydrogen) atoms. The summed E-state index contributed by atoms with van der Waals surface area (Å²) in [6.45, 7) is 4.01. The summed E-state index contributed by atoms with van der Waals surface area (Å²) in [5, 5.41) is 3.28. The Hall–Kier alpha value is -1.88. The zero-order chi connectivity index (χ0) is 13.8. The van der Waals surface area contributed by atoms with Gasteiger partial charge in [-0.15, -0.1) is 0 Å². The van der Waals surface area contributed by atoms with Crippen molar-refractivity contribution in [2.24, 2.45) is 0 Å². The van der Waals surface area contributed by atoms with Gasteiger partial charge in [-0.25, -0.2) is 0 Å². The van der Waals surface area contributed by atoms with Crippen LogP contribution in [0, 0.1) is 0 Å². The number of nitrogens with zero attached hydrogens (tertiary/aromatic N) is 3. The van der Waals surface area contributed by atoms with E-state index in [-0.39, 0.29) is 11.3 Å². The summed E-state index contributed by atoms with van der Waals surface area (Å²) >= 11 is 5.91. The summed E-state index contributed by atoms with van der Waals surface area (Å²) in [7, 11) is 1.62. The molecule has 0 aliphatic carbocycles. The maximum Gasteiger partial charge on any atom is 0.227 e. The van der Waals surface area contributed by atoms with Crippen LogP contribution in [0.3, 0.4) is 0 Å². The maximum absolute atomic E-state index is 5.91. The highest BCUT2D eigenvalue weighted by Crippen LogP contribution is 2.21. The van der Waals surface area contributed by atoms with Gasteiger partial charge in [0, 0.05) is 11.6 Å². The molecule has 0 atom stereocenters. The van der Waals surface area contributed by atoms with Crippen molar-refractivity contribution in [2.45, 2.75) is 19.9 Å². The van der Waals surface area contributed by atoms with Gasteiger partial charge < -0.3 is 10.1 Å². The first-order chi connectivity index (χ1) is 9.08. The molecule has 100 valence electrons. The highest BCUT2D eigenvalue weighted by Gasteiger charge is 2.08. The number of methoxy groups -OCH3 is 1. The van der Waals surface area contributed by atoms with Gasteiger partial charge in [-0.2, -0.15) is 15.0 Å². The smallest absolute Gasteiger partial charge is 0.227 e. The number of aromatic nitrogens is 3. The van der Waals surface area contributed by atoms with Crippen molar-refractivity contribution in [2.75, 3.05) is 12.4 Å². The standard InChI is InChI=1S/C13H15ClN4O/c1-8(2)15-13-17-11(16-12(14)18-13)9-4-6-10(19-3)7-5-9/h4-8H,1-3H3,(H,15,16,17,18). The molecule has 5 nitrogen and oxygen atoms in total. The molecule has 0 saturated heterocycles. The molecule has 6 heteroatoms. The molecular formula is C13H15ClN4O. The van der Waals surface area contributed by atoms with E-state index in [0.717, 1.165) is 11.3 Å². The van der Waals surface area contributed by atoms with E-state index in [9.17, 15) is 0 Å². The predicted octanol–water partition coefficient (Wildman–Crippen LogP) is 3.02. The lowest BCUT2D eigenvalue weighted by Crippen LogP contribution is -2.13. The zero-order valence-electron chi connectivity index (χ0n) is 11.0. The van der Waals surface area contributed by atoms with E-state index in [2.05, 4.69) is 20.3 Å². The zero-order valence-corrected chi connectivity index (χ0v) is 11.8. The Balaban J connectivity index is 2.34. The quantitative estimate of drug-likeness (QED) is 0.931. The van der Waals surface area contributed by atoms with Gasteiger partial charge in [0.25, 0.3) is 0 Å². The van der Waals surface area contributed by atoms with E-state index in [0.29, 0.717) is 11.8 Å². The third-order valence-corrected chi connectivity index (χ3v) is 2.54. The lowest BCUT2D eigenvalue weighted by atomic mass is 10.2. The van der Waals surface area contributed by atoms with Crippen LogP contribution in [0.2, 0.25) is 5.28 Å². The minimum atomic E-state index is 0.170. The number of hydrogen-bond acceptors (Lipinski definition) is 5. The fraction of sp³-hybridized carbons (Fsp3) is 0.308. The second-order valence-electron chi connectivity index (χ2n) is 4.28. The van der Waals surface area contributed by atoms with E-state index in [1.165, 1.54) is 0 Å². The molecule has 0 saturated carbocycles. The van der Waals surface area contributed by atoms with Gasteiger partial charge in [-0.1, -0.05) is 0 Å². The number of rotatable bonds is 4. The van der Waals surface area contributed by atoms with Crippen LogP contribution in [0.1, 0.15) is 13.8 Å². The summed E-state index contributed by atoms with van der Waals surface area (Å²) in [5.74, 6) is 1.79. The topological polar surface area (TPSA) is 59.9 Å². The van der Waals surface area contributed by atoms with E-state index < -0.39 is 0 Å².